The van der Waals surface area contributed by atoms with Crippen molar-refractivity contribution in [2.75, 3.05) is 26.2 Å². The molecule has 1 saturated carbocycles. The van der Waals surface area contributed by atoms with Gasteiger partial charge in [-0.25, -0.2) is 19.0 Å². The molecule has 222 valence electrons. The highest BCUT2D eigenvalue weighted by Crippen LogP contribution is 2.31. The molecule has 1 aliphatic heterocycles. The molecule has 6 rings (SSSR count). The molecule has 2 aromatic carbocycles. The zero-order chi connectivity index (χ0) is 30.2. The highest BCUT2D eigenvalue weighted by Gasteiger charge is 2.35. The largest absolute Gasteiger partial charge is 0.483 e. The van der Waals surface area contributed by atoms with Crippen LogP contribution in [0.1, 0.15) is 40.3 Å². The number of H-pyrrole nitrogens is 1. The molecular formula is C29H28FN7O6. The number of hydrogen-bond acceptors (Lipinski definition) is 8. The highest BCUT2D eigenvalue weighted by molar-refractivity contribution is 5.95. The molecule has 2 aromatic heterocycles. The van der Waals surface area contributed by atoms with Crippen LogP contribution in [-0.2, 0) is 24.9 Å². The lowest BCUT2D eigenvalue weighted by atomic mass is 10.0. The summed E-state index contributed by atoms with van der Waals surface area (Å²) in [5.41, 5.74) is 0.616. The van der Waals surface area contributed by atoms with Crippen molar-refractivity contribution in [1.82, 2.24) is 29.5 Å². The molecule has 13 nitrogen and oxygen atoms in total. The Morgan fingerprint density at radius 1 is 1.09 bits per heavy atom. The Bertz CT molecular complexity index is 1810. The van der Waals surface area contributed by atoms with Crippen molar-refractivity contribution in [2.24, 2.45) is 13.0 Å². The number of benzene rings is 2. The van der Waals surface area contributed by atoms with E-state index in [2.05, 4.69) is 15.2 Å². The van der Waals surface area contributed by atoms with Crippen molar-refractivity contribution >= 4 is 28.4 Å². The topological polar surface area (TPSA) is 157 Å². The van der Waals surface area contributed by atoms with E-state index in [0.29, 0.717) is 59.8 Å². The van der Waals surface area contributed by atoms with Crippen molar-refractivity contribution in [2.45, 2.75) is 25.9 Å². The third-order valence-electron chi connectivity index (χ3n) is 7.89. The average molecular weight is 590 g/mol. The molecule has 0 atom stereocenters. The van der Waals surface area contributed by atoms with Gasteiger partial charge in [0.05, 0.1) is 23.7 Å². The van der Waals surface area contributed by atoms with Gasteiger partial charge in [-0.2, -0.15) is 5.10 Å². The van der Waals surface area contributed by atoms with Crippen LogP contribution in [-0.4, -0.2) is 72.5 Å². The second kappa shape index (κ2) is 11.3. The number of ether oxygens (including phenoxy) is 1. The normalized spacial score (nSPS) is 15.1. The lowest BCUT2D eigenvalue weighted by molar-refractivity contribution is -0.391. The van der Waals surface area contributed by atoms with Gasteiger partial charge in [-0.3, -0.25) is 14.4 Å². The summed E-state index contributed by atoms with van der Waals surface area (Å²) in [5.74, 6) is -0.275. The number of aromatic amines is 1. The summed E-state index contributed by atoms with van der Waals surface area (Å²) in [5, 5.41) is 18.7. The molecule has 0 spiro atoms. The molecular weight excluding hydrogens is 561 g/mol. The van der Waals surface area contributed by atoms with Crippen LogP contribution in [0, 0.1) is 21.8 Å². The minimum atomic E-state index is -0.644. The van der Waals surface area contributed by atoms with E-state index in [0.717, 1.165) is 19.0 Å². The molecule has 43 heavy (non-hydrogen) atoms. The van der Waals surface area contributed by atoms with E-state index in [1.165, 1.54) is 23.7 Å². The van der Waals surface area contributed by atoms with Gasteiger partial charge < -0.3 is 24.7 Å². The van der Waals surface area contributed by atoms with Crippen LogP contribution in [0.3, 0.4) is 0 Å². The standard InChI is InChI=1S/C29H28FN7O6/c1-34-25(31-15-26(34)37(41)42)16-43-19-5-6-20-21(14-19)24(32-33-27(20)38)13-17-2-7-23(30)22(12-17)29(40)36-10-8-35(9-11-36)28(39)18-3-4-18/h2,5-7,12,14-15,18H,3-4,8-11,13,16H2,1H3,(H,33,38). The van der Waals surface area contributed by atoms with Gasteiger partial charge in [0.1, 0.15) is 17.8 Å². The summed E-state index contributed by atoms with van der Waals surface area (Å²) in [6.07, 6.45) is 3.17. The average Bonchev–Trinajstić information content (AvgIpc) is 3.79. The molecule has 2 aliphatic rings. The number of carbonyl (C=O) groups excluding carboxylic acids is 2. The van der Waals surface area contributed by atoms with Crippen LogP contribution in [0.15, 0.2) is 47.4 Å². The van der Waals surface area contributed by atoms with Crippen LogP contribution in [0.25, 0.3) is 10.8 Å². The molecule has 2 amide bonds. The van der Waals surface area contributed by atoms with E-state index in [9.17, 15) is 28.9 Å². The number of nitrogens with zero attached hydrogens (tertiary/aromatic N) is 6. The fourth-order valence-electron chi connectivity index (χ4n) is 5.24. The molecule has 1 saturated heterocycles. The summed E-state index contributed by atoms with van der Waals surface area (Å²) < 4.78 is 22.0. The zero-order valence-electron chi connectivity index (χ0n) is 23.3. The number of carbonyl (C=O) groups is 2. The number of fused-ring (bicyclic) bond motifs is 1. The third-order valence-corrected chi connectivity index (χ3v) is 7.89. The first kappa shape index (κ1) is 28.0. The minimum Gasteiger partial charge on any atom is -0.483 e. The number of aromatic nitrogens is 4. The number of hydrogen-bond donors (Lipinski definition) is 1. The van der Waals surface area contributed by atoms with E-state index in [-0.39, 0.29) is 36.2 Å². The first-order valence-corrected chi connectivity index (χ1v) is 13.8. The maximum Gasteiger partial charge on any atom is 0.342 e. The SMILES string of the molecule is Cn1c([N+](=O)[O-])cnc1COc1ccc2c(=O)[nH]nc(Cc3ccc(F)c(C(=O)N4CCN(C(=O)C5CC5)CC4)c3)c2c1. The quantitative estimate of drug-likeness (QED) is 0.243. The molecule has 0 radical (unpaired) electrons. The second-order valence-corrected chi connectivity index (χ2v) is 10.7. The number of amides is 2. The van der Waals surface area contributed by atoms with Crippen LogP contribution in [0.2, 0.25) is 0 Å². The Kier molecular flexibility index (Phi) is 7.34. The number of nitrogens with one attached hydrogen (secondary N) is 1. The van der Waals surface area contributed by atoms with Crippen LogP contribution in [0.4, 0.5) is 10.2 Å². The summed E-state index contributed by atoms with van der Waals surface area (Å²) in [4.78, 5) is 56.0. The van der Waals surface area contributed by atoms with Crippen LogP contribution < -0.4 is 10.3 Å². The molecule has 4 aromatic rings. The monoisotopic (exact) mass is 589 g/mol. The smallest absolute Gasteiger partial charge is 0.342 e. The van der Waals surface area contributed by atoms with E-state index < -0.39 is 22.2 Å². The van der Waals surface area contributed by atoms with Crippen molar-refractivity contribution in [3.63, 3.8) is 0 Å². The van der Waals surface area contributed by atoms with Gasteiger partial charge in [-0.15, -0.1) is 0 Å². The van der Waals surface area contributed by atoms with Gasteiger partial charge in [0.15, 0.2) is 6.61 Å². The Morgan fingerprint density at radius 2 is 1.84 bits per heavy atom. The lowest BCUT2D eigenvalue weighted by Gasteiger charge is -2.35. The van der Waals surface area contributed by atoms with E-state index >= 15 is 0 Å². The Hall–Kier alpha value is -5.14. The second-order valence-electron chi connectivity index (χ2n) is 10.7. The maximum atomic E-state index is 14.9. The predicted molar refractivity (Wildman–Crippen MR) is 151 cm³/mol. The van der Waals surface area contributed by atoms with E-state index in [1.807, 2.05) is 0 Å². The molecule has 2 fully saturated rings. The van der Waals surface area contributed by atoms with Gasteiger partial charge in [-0.1, -0.05) is 6.07 Å². The number of rotatable bonds is 8. The first-order chi connectivity index (χ1) is 20.7. The maximum absolute atomic E-state index is 14.9. The summed E-state index contributed by atoms with van der Waals surface area (Å²) >= 11 is 0. The Labute approximate surface area is 244 Å². The van der Waals surface area contributed by atoms with Gasteiger partial charge in [0.25, 0.3) is 11.5 Å². The summed E-state index contributed by atoms with van der Waals surface area (Å²) in [6, 6.07) is 9.12. The molecule has 1 N–H and O–H groups in total. The third kappa shape index (κ3) is 5.67. The van der Waals surface area contributed by atoms with Crippen molar-refractivity contribution in [1.29, 1.82) is 0 Å². The number of nitro groups is 1. The number of imidazole rings is 1. The highest BCUT2D eigenvalue weighted by atomic mass is 19.1. The van der Waals surface area contributed by atoms with E-state index in [4.69, 9.17) is 4.74 Å². The summed E-state index contributed by atoms with van der Waals surface area (Å²) in [6.45, 7) is 1.48. The van der Waals surface area contributed by atoms with Crippen LogP contribution >= 0.6 is 0 Å². The fraction of sp³-hybridized carbons (Fsp3) is 0.345. The number of piperazine rings is 1. The lowest BCUT2D eigenvalue weighted by Crippen LogP contribution is -2.51. The van der Waals surface area contributed by atoms with Crippen LogP contribution in [0.5, 0.6) is 5.75 Å². The predicted octanol–water partition coefficient (Wildman–Crippen LogP) is 2.57. The molecule has 1 aliphatic carbocycles. The molecule has 3 heterocycles. The minimum absolute atomic E-state index is 0.0474. The summed E-state index contributed by atoms with van der Waals surface area (Å²) in [7, 11) is 1.52. The van der Waals surface area contributed by atoms with Gasteiger partial charge >= 0.3 is 5.82 Å². The first-order valence-electron chi connectivity index (χ1n) is 13.8. The number of halogens is 1. The van der Waals surface area contributed by atoms with Gasteiger partial charge in [0, 0.05) is 43.9 Å². The molecule has 0 bridgehead atoms. The fourth-order valence-corrected chi connectivity index (χ4v) is 5.24. The zero-order valence-corrected chi connectivity index (χ0v) is 23.3. The Morgan fingerprint density at radius 3 is 2.53 bits per heavy atom. The van der Waals surface area contributed by atoms with Gasteiger partial charge in [-0.05, 0) is 53.7 Å². The Balaban J connectivity index is 1.20. The van der Waals surface area contributed by atoms with E-state index in [1.54, 1.807) is 34.1 Å². The molecule has 0 unspecified atom stereocenters. The van der Waals surface area contributed by atoms with Crippen molar-refractivity contribution in [3.8, 4) is 5.75 Å². The molecule has 14 heteroatoms. The van der Waals surface area contributed by atoms with Crippen molar-refractivity contribution < 1.29 is 23.6 Å². The van der Waals surface area contributed by atoms with Crippen molar-refractivity contribution in [3.05, 3.63) is 91.5 Å². The van der Waals surface area contributed by atoms with Gasteiger partial charge in [0.2, 0.25) is 11.7 Å².